The van der Waals surface area contributed by atoms with Crippen LogP contribution in [0, 0.1) is 0 Å². The van der Waals surface area contributed by atoms with E-state index in [0.717, 1.165) is 66.0 Å². The summed E-state index contributed by atoms with van der Waals surface area (Å²) in [5, 5.41) is 18.9. The predicted octanol–water partition coefficient (Wildman–Crippen LogP) is 4.01. The van der Waals surface area contributed by atoms with E-state index in [1.54, 1.807) is 6.20 Å². The van der Waals surface area contributed by atoms with Crippen LogP contribution in [-0.2, 0) is 17.6 Å². The fraction of sp³-hybridized carbons (Fsp3) is 0.393. The molecule has 2 amide bonds. The van der Waals surface area contributed by atoms with Crippen molar-refractivity contribution in [3.8, 4) is 0 Å². The van der Waals surface area contributed by atoms with Crippen molar-refractivity contribution < 1.29 is 14.7 Å². The number of aryl methyl sites for hydroxylation is 1. The lowest BCUT2D eigenvalue weighted by atomic mass is 9.90. The minimum absolute atomic E-state index is 0.182. The van der Waals surface area contributed by atoms with Crippen LogP contribution in [0.25, 0.3) is 10.8 Å². The first-order chi connectivity index (χ1) is 16.5. The fourth-order valence-corrected chi connectivity index (χ4v) is 5.31. The van der Waals surface area contributed by atoms with Gasteiger partial charge in [0.2, 0.25) is 0 Å². The van der Waals surface area contributed by atoms with Crippen molar-refractivity contribution in [2.75, 3.05) is 6.54 Å². The molecule has 2 aliphatic rings. The summed E-state index contributed by atoms with van der Waals surface area (Å²) in [4.78, 5) is 30.5. The molecule has 2 aromatic carbocycles. The first-order valence-electron chi connectivity index (χ1n) is 12.3. The molecular weight excluding hydrogens is 426 g/mol. The average molecular weight is 458 g/mol. The molecule has 5 rings (SSSR count). The van der Waals surface area contributed by atoms with Gasteiger partial charge in [-0.3, -0.25) is 14.6 Å². The van der Waals surface area contributed by atoms with Gasteiger partial charge in [-0.25, -0.2) is 0 Å². The SMILES string of the molecule is O=C(NC(CNC(=O)C1(O)CCCC1)c1ccc2ccccc2c1)c1cncc2c1CCCC2. The summed E-state index contributed by atoms with van der Waals surface area (Å²) < 4.78 is 0. The van der Waals surface area contributed by atoms with Gasteiger partial charge < -0.3 is 15.7 Å². The van der Waals surface area contributed by atoms with Crippen LogP contribution in [0.3, 0.4) is 0 Å². The molecule has 1 fully saturated rings. The molecule has 6 nitrogen and oxygen atoms in total. The molecule has 1 unspecified atom stereocenters. The maximum Gasteiger partial charge on any atom is 0.253 e. The molecule has 1 atom stereocenters. The lowest BCUT2D eigenvalue weighted by molar-refractivity contribution is -0.139. The molecule has 3 aromatic rings. The van der Waals surface area contributed by atoms with Crippen LogP contribution in [-0.4, -0.2) is 34.1 Å². The highest BCUT2D eigenvalue weighted by Gasteiger charge is 2.39. The number of aliphatic hydroxyl groups is 1. The van der Waals surface area contributed by atoms with Crippen LogP contribution < -0.4 is 10.6 Å². The molecule has 0 spiro atoms. The van der Waals surface area contributed by atoms with E-state index in [1.807, 2.05) is 42.6 Å². The molecule has 0 radical (unpaired) electrons. The minimum atomic E-state index is -1.31. The third kappa shape index (κ3) is 4.55. The van der Waals surface area contributed by atoms with Crippen molar-refractivity contribution in [2.24, 2.45) is 0 Å². The number of amides is 2. The Labute approximate surface area is 199 Å². The highest BCUT2D eigenvalue weighted by Crippen LogP contribution is 2.30. The highest BCUT2D eigenvalue weighted by molar-refractivity contribution is 5.96. The molecule has 6 heteroatoms. The first kappa shape index (κ1) is 22.5. The maximum atomic E-state index is 13.4. The Kier molecular flexibility index (Phi) is 6.33. The number of benzene rings is 2. The minimum Gasteiger partial charge on any atom is -0.380 e. The van der Waals surface area contributed by atoms with Gasteiger partial charge in [0.25, 0.3) is 11.8 Å². The van der Waals surface area contributed by atoms with E-state index in [9.17, 15) is 14.7 Å². The largest absolute Gasteiger partial charge is 0.380 e. The van der Waals surface area contributed by atoms with Gasteiger partial charge in [0.15, 0.2) is 0 Å². The number of nitrogens with zero attached hydrogens (tertiary/aromatic N) is 1. The second-order valence-corrected chi connectivity index (χ2v) is 9.61. The van der Waals surface area contributed by atoms with Gasteiger partial charge in [-0.15, -0.1) is 0 Å². The summed E-state index contributed by atoms with van der Waals surface area (Å²) in [6.45, 7) is 0.202. The van der Waals surface area contributed by atoms with Gasteiger partial charge in [0, 0.05) is 18.9 Å². The Balaban J connectivity index is 1.41. The number of pyridine rings is 1. The van der Waals surface area contributed by atoms with Crippen molar-refractivity contribution in [2.45, 2.75) is 63.0 Å². The van der Waals surface area contributed by atoms with Gasteiger partial charge in [-0.05, 0) is 84.9 Å². The van der Waals surface area contributed by atoms with Crippen LogP contribution in [0.2, 0.25) is 0 Å². The van der Waals surface area contributed by atoms with Gasteiger partial charge >= 0.3 is 0 Å². The van der Waals surface area contributed by atoms with E-state index in [-0.39, 0.29) is 18.4 Å². The normalized spacial score (nSPS) is 17.7. The second-order valence-electron chi connectivity index (χ2n) is 9.61. The molecular formula is C28H31N3O3. The summed E-state index contributed by atoms with van der Waals surface area (Å²) in [5.74, 6) is -0.540. The third-order valence-corrected chi connectivity index (χ3v) is 7.32. The van der Waals surface area contributed by atoms with Crippen LogP contribution in [0.4, 0.5) is 0 Å². The van der Waals surface area contributed by atoms with E-state index in [4.69, 9.17) is 0 Å². The molecule has 2 aliphatic carbocycles. The zero-order valence-electron chi connectivity index (χ0n) is 19.3. The molecule has 0 saturated heterocycles. The molecule has 0 aliphatic heterocycles. The van der Waals surface area contributed by atoms with Crippen molar-refractivity contribution in [1.82, 2.24) is 15.6 Å². The van der Waals surface area contributed by atoms with Crippen LogP contribution >= 0.6 is 0 Å². The van der Waals surface area contributed by atoms with Crippen LogP contribution in [0.15, 0.2) is 54.9 Å². The molecule has 1 heterocycles. The number of hydrogen-bond acceptors (Lipinski definition) is 4. The zero-order chi connectivity index (χ0) is 23.5. The number of aromatic nitrogens is 1. The zero-order valence-corrected chi connectivity index (χ0v) is 19.3. The summed E-state index contributed by atoms with van der Waals surface area (Å²) in [7, 11) is 0. The summed E-state index contributed by atoms with van der Waals surface area (Å²) in [6.07, 6.45) is 10.2. The quantitative estimate of drug-likeness (QED) is 0.522. The number of carbonyl (C=O) groups excluding carboxylic acids is 2. The summed E-state index contributed by atoms with van der Waals surface area (Å²) in [5.41, 5.74) is 2.45. The Morgan fingerprint density at radius 1 is 0.971 bits per heavy atom. The van der Waals surface area contributed by atoms with E-state index in [1.165, 1.54) is 0 Å². The van der Waals surface area contributed by atoms with Crippen molar-refractivity contribution in [1.29, 1.82) is 0 Å². The van der Waals surface area contributed by atoms with Crippen molar-refractivity contribution >= 4 is 22.6 Å². The lowest BCUT2D eigenvalue weighted by Crippen LogP contribution is -2.47. The van der Waals surface area contributed by atoms with Crippen LogP contribution in [0.1, 0.15) is 71.6 Å². The smallest absolute Gasteiger partial charge is 0.253 e. The molecule has 1 aromatic heterocycles. The Morgan fingerprint density at radius 3 is 2.56 bits per heavy atom. The van der Waals surface area contributed by atoms with Crippen molar-refractivity contribution in [3.63, 3.8) is 0 Å². The number of fused-ring (bicyclic) bond motifs is 2. The monoisotopic (exact) mass is 457 g/mol. The number of carbonyl (C=O) groups is 2. The highest BCUT2D eigenvalue weighted by atomic mass is 16.3. The topological polar surface area (TPSA) is 91.3 Å². The van der Waals surface area contributed by atoms with Gasteiger partial charge in [-0.2, -0.15) is 0 Å². The van der Waals surface area contributed by atoms with Gasteiger partial charge in [-0.1, -0.05) is 36.4 Å². The van der Waals surface area contributed by atoms with Crippen LogP contribution in [0.5, 0.6) is 0 Å². The number of nitrogens with one attached hydrogen (secondary N) is 2. The predicted molar refractivity (Wildman–Crippen MR) is 131 cm³/mol. The Morgan fingerprint density at radius 2 is 1.74 bits per heavy atom. The van der Waals surface area contributed by atoms with E-state index >= 15 is 0 Å². The standard InChI is InChI=1S/C28H31N3O3/c32-26(24-17-29-16-22-9-3-4-10-23(22)24)31-25(18-30-27(33)28(34)13-5-6-14-28)21-12-11-19-7-1-2-8-20(19)15-21/h1-2,7-8,11-12,15-17,25,34H,3-6,9-10,13-14,18H2,(H,30,33)(H,31,32). The third-order valence-electron chi connectivity index (χ3n) is 7.32. The first-order valence-corrected chi connectivity index (χ1v) is 12.3. The Hall–Kier alpha value is -3.25. The summed E-state index contributed by atoms with van der Waals surface area (Å²) >= 11 is 0. The molecule has 3 N–H and O–H groups in total. The van der Waals surface area contributed by atoms with E-state index in [0.29, 0.717) is 18.4 Å². The van der Waals surface area contributed by atoms with E-state index in [2.05, 4.69) is 21.7 Å². The molecule has 176 valence electrons. The van der Waals surface area contributed by atoms with Gasteiger partial charge in [0.1, 0.15) is 5.60 Å². The van der Waals surface area contributed by atoms with Crippen molar-refractivity contribution in [3.05, 3.63) is 77.1 Å². The summed E-state index contributed by atoms with van der Waals surface area (Å²) in [6, 6.07) is 13.7. The lowest BCUT2D eigenvalue weighted by Gasteiger charge is -2.25. The number of rotatable bonds is 6. The van der Waals surface area contributed by atoms with E-state index < -0.39 is 11.6 Å². The van der Waals surface area contributed by atoms with Gasteiger partial charge in [0.05, 0.1) is 11.6 Å². The fourth-order valence-electron chi connectivity index (χ4n) is 5.31. The molecule has 1 saturated carbocycles. The number of hydrogen-bond donors (Lipinski definition) is 3. The second kappa shape index (κ2) is 9.55. The maximum absolute atomic E-state index is 13.4. The Bertz CT molecular complexity index is 1220. The molecule has 34 heavy (non-hydrogen) atoms. The average Bonchev–Trinajstić information content (AvgIpc) is 3.33. The molecule has 0 bridgehead atoms.